The van der Waals surface area contributed by atoms with Crippen LogP contribution in [0.25, 0.3) is 0 Å². The molecule has 0 unspecified atom stereocenters. The van der Waals surface area contributed by atoms with E-state index in [0.29, 0.717) is 11.4 Å². The number of benzene rings is 2. The lowest BCUT2D eigenvalue weighted by Crippen LogP contribution is -2.50. The highest BCUT2D eigenvalue weighted by Crippen LogP contribution is 2.35. The van der Waals surface area contributed by atoms with Crippen molar-refractivity contribution >= 4 is 27.5 Å². The number of halogens is 1. The molecule has 3 aromatic rings. The molecule has 2 N–H and O–H groups in total. The number of sulfonamides is 1. The van der Waals surface area contributed by atoms with Gasteiger partial charge >= 0.3 is 0 Å². The van der Waals surface area contributed by atoms with Crippen molar-refractivity contribution in [3.8, 4) is 5.75 Å². The number of aliphatic hydroxyl groups excluding tert-OH is 1. The van der Waals surface area contributed by atoms with E-state index in [2.05, 4.69) is 10.4 Å². The van der Waals surface area contributed by atoms with Gasteiger partial charge in [-0.15, -0.1) is 0 Å². The molecule has 1 aromatic heterocycles. The number of fused-ring (bicyclic) bond motifs is 1. The van der Waals surface area contributed by atoms with Gasteiger partial charge in [-0.1, -0.05) is 13.0 Å². The smallest absolute Gasteiger partial charge is 0.274 e. The molecule has 1 aliphatic rings. The van der Waals surface area contributed by atoms with Crippen molar-refractivity contribution in [1.82, 2.24) is 19.0 Å². The van der Waals surface area contributed by atoms with Crippen molar-refractivity contribution in [2.75, 3.05) is 32.1 Å². The maximum Gasteiger partial charge on any atom is 0.274 e. The van der Waals surface area contributed by atoms with Crippen molar-refractivity contribution in [3.63, 3.8) is 0 Å². The van der Waals surface area contributed by atoms with E-state index in [1.165, 1.54) is 28.8 Å². The minimum Gasteiger partial charge on any atom is -0.486 e. The molecule has 3 atom stereocenters. The van der Waals surface area contributed by atoms with Gasteiger partial charge in [-0.3, -0.25) is 14.3 Å². The van der Waals surface area contributed by atoms with E-state index in [0.717, 1.165) is 16.4 Å². The van der Waals surface area contributed by atoms with Crippen LogP contribution in [0.1, 0.15) is 40.4 Å². The lowest BCUT2D eigenvalue weighted by molar-refractivity contribution is 0.0388. The molecule has 11 nitrogen and oxygen atoms in total. The van der Waals surface area contributed by atoms with E-state index < -0.39 is 45.7 Å². The number of para-hydroxylation sites is 1. The van der Waals surface area contributed by atoms with Gasteiger partial charge in [0.1, 0.15) is 17.6 Å². The summed E-state index contributed by atoms with van der Waals surface area (Å²) in [5.41, 5.74) is 1.33. The van der Waals surface area contributed by atoms with Crippen molar-refractivity contribution in [3.05, 3.63) is 71.3 Å². The Morgan fingerprint density at radius 1 is 1.27 bits per heavy atom. The number of carbonyl (C=O) groups is 2. The van der Waals surface area contributed by atoms with E-state index in [1.54, 1.807) is 45.2 Å². The number of nitrogens with zero attached hydrogens (tertiary/aromatic N) is 4. The monoisotopic (exact) mass is 587 g/mol. The number of amides is 2. The van der Waals surface area contributed by atoms with Gasteiger partial charge in [0.05, 0.1) is 41.0 Å². The summed E-state index contributed by atoms with van der Waals surface area (Å²) in [4.78, 5) is 28.3. The Morgan fingerprint density at radius 2 is 1.95 bits per heavy atom. The number of aliphatic hydroxyl groups is 1. The van der Waals surface area contributed by atoms with Crippen LogP contribution in [-0.2, 0) is 17.1 Å². The highest BCUT2D eigenvalue weighted by Gasteiger charge is 2.36. The summed E-state index contributed by atoms with van der Waals surface area (Å²) in [6.45, 7) is 5.07. The molecular weight excluding hydrogens is 553 g/mol. The number of rotatable bonds is 8. The summed E-state index contributed by atoms with van der Waals surface area (Å²) >= 11 is 0. The second-order valence-corrected chi connectivity index (χ2v) is 12.3. The van der Waals surface area contributed by atoms with Crippen LogP contribution in [0, 0.1) is 18.7 Å². The fraction of sp³-hybridized carbons (Fsp3) is 0.393. The Kier molecular flexibility index (Phi) is 8.80. The van der Waals surface area contributed by atoms with Gasteiger partial charge in [-0.2, -0.15) is 9.40 Å². The maximum absolute atomic E-state index is 13.7. The Morgan fingerprint density at radius 3 is 2.56 bits per heavy atom. The predicted octanol–water partition coefficient (Wildman–Crippen LogP) is 2.66. The van der Waals surface area contributed by atoms with Crippen molar-refractivity contribution < 1.29 is 32.2 Å². The second kappa shape index (κ2) is 12.0. The number of hydrogen-bond donors (Lipinski definition) is 2. The molecular formula is C28H34FN5O6S. The molecule has 13 heteroatoms. The average Bonchev–Trinajstić information content (AvgIpc) is 3.28. The van der Waals surface area contributed by atoms with E-state index >= 15 is 0 Å². The molecule has 0 saturated heterocycles. The summed E-state index contributed by atoms with van der Waals surface area (Å²) in [6, 6.07) is 10.4. The van der Waals surface area contributed by atoms with Crippen molar-refractivity contribution in [2.45, 2.75) is 37.8 Å². The highest BCUT2D eigenvalue weighted by atomic mass is 32.2. The third kappa shape index (κ3) is 6.26. The fourth-order valence-electron chi connectivity index (χ4n) is 4.71. The summed E-state index contributed by atoms with van der Waals surface area (Å²) in [7, 11) is -0.968. The third-order valence-electron chi connectivity index (χ3n) is 7.13. The van der Waals surface area contributed by atoms with Gasteiger partial charge in [0.2, 0.25) is 10.0 Å². The maximum atomic E-state index is 13.7. The molecule has 2 amide bonds. The zero-order chi connectivity index (χ0) is 30.1. The molecule has 2 aromatic carbocycles. The first-order valence-electron chi connectivity index (χ1n) is 13.1. The SMILES string of the molecule is Cc1cc(C(=O)Nc2cccc3c2O[C@H](CN(C)S(=O)(=O)c2ccc(F)cc2)[C@@H](C)CN([C@@H](C)CO)C3=O)n(C)n1. The van der Waals surface area contributed by atoms with Gasteiger partial charge < -0.3 is 20.1 Å². The number of ether oxygens (including phenoxy) is 1. The van der Waals surface area contributed by atoms with Gasteiger partial charge in [0, 0.05) is 26.6 Å². The highest BCUT2D eigenvalue weighted by molar-refractivity contribution is 7.89. The third-order valence-corrected chi connectivity index (χ3v) is 8.97. The molecule has 0 bridgehead atoms. The number of aryl methyl sites for hydroxylation is 2. The summed E-state index contributed by atoms with van der Waals surface area (Å²) < 4.78 is 48.9. The molecule has 0 saturated carbocycles. The molecule has 0 spiro atoms. The van der Waals surface area contributed by atoms with Crippen LogP contribution in [0.2, 0.25) is 0 Å². The van der Waals surface area contributed by atoms with E-state index in [1.807, 2.05) is 6.92 Å². The van der Waals surface area contributed by atoms with Crippen LogP contribution in [0.4, 0.5) is 10.1 Å². The Bertz CT molecular complexity index is 1540. The van der Waals surface area contributed by atoms with Crippen LogP contribution in [0.15, 0.2) is 53.4 Å². The zero-order valence-corrected chi connectivity index (χ0v) is 24.4. The number of hydrogen-bond acceptors (Lipinski definition) is 7. The Labute approximate surface area is 238 Å². The first-order valence-corrected chi connectivity index (χ1v) is 14.5. The molecule has 1 aliphatic heterocycles. The molecule has 2 heterocycles. The van der Waals surface area contributed by atoms with Crippen LogP contribution >= 0.6 is 0 Å². The number of carbonyl (C=O) groups excluding carboxylic acids is 2. The summed E-state index contributed by atoms with van der Waals surface area (Å²) in [6.07, 6.45) is -0.771. The standard InChI is InChI=1S/C28H34FN5O6S/c1-17-14-34(19(3)16-35)28(37)22-7-6-8-23(30-27(36)24-13-18(2)31-33(24)5)26(22)40-25(17)15-32(4)41(38,39)21-11-9-20(29)10-12-21/h6-13,17,19,25,35H,14-16H2,1-5H3,(H,30,36)/t17-,19-,25+/m0/s1. The second-order valence-electron chi connectivity index (χ2n) is 10.3. The fourth-order valence-corrected chi connectivity index (χ4v) is 5.89. The predicted molar refractivity (Wildman–Crippen MR) is 150 cm³/mol. The van der Waals surface area contributed by atoms with Crippen LogP contribution < -0.4 is 10.1 Å². The first kappa shape index (κ1) is 30.2. The molecule has 0 aliphatic carbocycles. The normalized spacial score (nSPS) is 18.3. The molecule has 4 rings (SSSR count). The number of aromatic nitrogens is 2. The number of anilines is 1. The molecule has 0 radical (unpaired) electrons. The lowest BCUT2D eigenvalue weighted by atomic mass is 9.99. The largest absolute Gasteiger partial charge is 0.486 e. The van der Waals surface area contributed by atoms with Gasteiger partial charge in [0.25, 0.3) is 11.8 Å². The molecule has 220 valence electrons. The number of likely N-dealkylation sites (N-methyl/N-ethyl adjacent to an activating group) is 1. The lowest BCUT2D eigenvalue weighted by Gasteiger charge is -2.38. The van der Waals surface area contributed by atoms with E-state index in [9.17, 15) is 27.5 Å². The van der Waals surface area contributed by atoms with Gasteiger partial charge in [-0.05, 0) is 56.3 Å². The topological polar surface area (TPSA) is 134 Å². The Balaban J connectivity index is 1.73. The van der Waals surface area contributed by atoms with Crippen molar-refractivity contribution in [1.29, 1.82) is 0 Å². The average molecular weight is 588 g/mol. The van der Waals surface area contributed by atoms with E-state index in [4.69, 9.17) is 4.74 Å². The zero-order valence-electron chi connectivity index (χ0n) is 23.5. The Hall–Kier alpha value is -3.81. The summed E-state index contributed by atoms with van der Waals surface area (Å²) in [5, 5.41) is 16.9. The molecule has 41 heavy (non-hydrogen) atoms. The minimum atomic E-state index is -4.00. The first-order chi connectivity index (χ1) is 19.3. The number of nitrogens with one attached hydrogen (secondary N) is 1. The van der Waals surface area contributed by atoms with Gasteiger partial charge in [-0.25, -0.2) is 12.8 Å². The van der Waals surface area contributed by atoms with Crippen molar-refractivity contribution in [2.24, 2.45) is 13.0 Å². The quantitative estimate of drug-likeness (QED) is 0.414. The van der Waals surface area contributed by atoms with Gasteiger partial charge in [0.15, 0.2) is 5.75 Å². The van der Waals surface area contributed by atoms with Crippen LogP contribution in [0.3, 0.4) is 0 Å². The van der Waals surface area contributed by atoms with E-state index in [-0.39, 0.29) is 41.6 Å². The van der Waals surface area contributed by atoms with Crippen LogP contribution in [-0.4, -0.2) is 83.2 Å². The molecule has 0 fully saturated rings. The summed E-state index contributed by atoms with van der Waals surface area (Å²) in [5.74, 6) is -1.73. The van der Waals surface area contributed by atoms with Crippen LogP contribution in [0.5, 0.6) is 5.75 Å². The minimum absolute atomic E-state index is 0.0783.